The molecule has 1 fully saturated rings. The van der Waals surface area contributed by atoms with Crippen LogP contribution in [-0.2, 0) is 7.05 Å². The van der Waals surface area contributed by atoms with Crippen molar-refractivity contribution in [2.45, 2.75) is 18.9 Å². The van der Waals surface area contributed by atoms with Crippen molar-refractivity contribution in [3.05, 3.63) is 47.8 Å². The number of nitrogens with zero attached hydrogens (tertiary/aromatic N) is 4. The van der Waals surface area contributed by atoms with Gasteiger partial charge < -0.3 is 9.88 Å². The molecule has 0 saturated carbocycles. The Bertz CT molecular complexity index is 884. The number of nitrogens with one attached hydrogen (secondary N) is 1. The van der Waals surface area contributed by atoms with Crippen LogP contribution in [0.5, 0.6) is 0 Å². The molecule has 23 heavy (non-hydrogen) atoms. The van der Waals surface area contributed by atoms with E-state index in [-0.39, 0.29) is 17.8 Å². The number of aromatic nitrogens is 4. The summed E-state index contributed by atoms with van der Waals surface area (Å²) in [4.78, 5) is 22.2. The molecule has 0 aliphatic carbocycles. The molecule has 1 unspecified atom stereocenters. The van der Waals surface area contributed by atoms with Crippen LogP contribution in [0.4, 0.5) is 4.39 Å². The van der Waals surface area contributed by atoms with Crippen LogP contribution in [0.1, 0.15) is 35.1 Å². The maximum atomic E-state index is 13.3. The molecule has 0 radical (unpaired) electrons. The van der Waals surface area contributed by atoms with Crippen LogP contribution in [0, 0.1) is 5.82 Å². The van der Waals surface area contributed by atoms with Crippen LogP contribution >= 0.6 is 0 Å². The first kappa shape index (κ1) is 13.9. The lowest BCUT2D eigenvalue weighted by Gasteiger charge is -2.22. The van der Waals surface area contributed by atoms with Crippen molar-refractivity contribution in [1.29, 1.82) is 0 Å². The number of carbonyl (C=O) groups is 1. The van der Waals surface area contributed by atoms with E-state index >= 15 is 0 Å². The molecule has 0 bridgehead atoms. The first-order valence-electron chi connectivity index (χ1n) is 7.56. The Balaban J connectivity index is 1.67. The highest BCUT2D eigenvalue weighted by atomic mass is 19.1. The number of fused-ring (bicyclic) bond motifs is 1. The summed E-state index contributed by atoms with van der Waals surface area (Å²) >= 11 is 0. The third-order valence-corrected chi connectivity index (χ3v) is 4.24. The first-order chi connectivity index (χ1) is 11.1. The Morgan fingerprint density at radius 2 is 2.30 bits per heavy atom. The highest BCUT2D eigenvalue weighted by Crippen LogP contribution is 2.32. The Morgan fingerprint density at radius 3 is 3.09 bits per heavy atom. The van der Waals surface area contributed by atoms with Crippen LogP contribution in [0.25, 0.3) is 11.0 Å². The third kappa shape index (κ3) is 2.38. The molecule has 7 heteroatoms. The van der Waals surface area contributed by atoms with Crippen LogP contribution < -0.4 is 0 Å². The fourth-order valence-electron chi connectivity index (χ4n) is 3.15. The molecule has 4 rings (SSSR count). The first-order valence-corrected chi connectivity index (χ1v) is 7.56. The van der Waals surface area contributed by atoms with E-state index in [0.717, 1.165) is 12.8 Å². The number of rotatable bonds is 2. The summed E-state index contributed by atoms with van der Waals surface area (Å²) in [5.74, 6) is 0.356. The minimum Gasteiger partial charge on any atom is -0.340 e. The van der Waals surface area contributed by atoms with Crippen molar-refractivity contribution in [2.24, 2.45) is 7.05 Å². The number of benzene rings is 1. The summed E-state index contributed by atoms with van der Waals surface area (Å²) in [6.07, 6.45) is 5.05. The maximum Gasteiger partial charge on any atom is 0.257 e. The van der Waals surface area contributed by atoms with Crippen LogP contribution in [0.3, 0.4) is 0 Å². The highest BCUT2D eigenvalue weighted by molar-refractivity contribution is 5.94. The van der Waals surface area contributed by atoms with Crippen LogP contribution in [0.15, 0.2) is 30.6 Å². The van der Waals surface area contributed by atoms with E-state index in [0.29, 0.717) is 29.0 Å². The number of hydrogen-bond acceptors (Lipinski definition) is 3. The average Bonchev–Trinajstić information content (AvgIpc) is 3.23. The van der Waals surface area contributed by atoms with Crippen molar-refractivity contribution < 1.29 is 9.18 Å². The number of likely N-dealkylation sites (tertiary alicyclic amines) is 1. The zero-order chi connectivity index (χ0) is 16.0. The molecule has 118 valence electrons. The van der Waals surface area contributed by atoms with E-state index in [4.69, 9.17) is 0 Å². The Hall–Kier alpha value is -2.70. The second-order valence-corrected chi connectivity index (χ2v) is 5.84. The standard InChI is InChI=1S/C16H16FN5O/c1-21-9-10(8-18-21)16(23)22-6-2-3-14(22)15-19-12-5-4-11(17)7-13(12)20-15/h4-5,7-9,14H,2-3,6H2,1H3,(H,19,20). The lowest BCUT2D eigenvalue weighted by molar-refractivity contribution is 0.0730. The van der Waals surface area contributed by atoms with Crippen molar-refractivity contribution in [2.75, 3.05) is 6.54 Å². The molecule has 2 aromatic heterocycles. The van der Waals surface area contributed by atoms with Gasteiger partial charge in [-0.2, -0.15) is 5.10 Å². The summed E-state index contributed by atoms with van der Waals surface area (Å²) in [7, 11) is 1.78. The summed E-state index contributed by atoms with van der Waals surface area (Å²) in [6.45, 7) is 0.684. The largest absolute Gasteiger partial charge is 0.340 e. The van der Waals surface area contributed by atoms with E-state index in [1.54, 1.807) is 30.2 Å². The molecule has 1 saturated heterocycles. The molecule has 1 aliphatic rings. The second kappa shape index (κ2) is 5.19. The zero-order valence-electron chi connectivity index (χ0n) is 12.7. The number of carbonyl (C=O) groups excluding carboxylic acids is 1. The van der Waals surface area contributed by atoms with Gasteiger partial charge in [0, 0.05) is 19.8 Å². The Kier molecular flexibility index (Phi) is 3.14. The molecule has 6 nitrogen and oxygen atoms in total. The number of imidazole rings is 1. The lowest BCUT2D eigenvalue weighted by Crippen LogP contribution is -2.30. The molecule has 0 spiro atoms. The topological polar surface area (TPSA) is 66.8 Å². The SMILES string of the molecule is Cn1cc(C(=O)N2CCCC2c2nc3ccc(F)cc3[nH]2)cn1. The highest BCUT2D eigenvalue weighted by Gasteiger charge is 2.33. The average molecular weight is 313 g/mol. The van der Waals surface area contributed by atoms with Gasteiger partial charge in [0.2, 0.25) is 0 Å². The van der Waals surface area contributed by atoms with Gasteiger partial charge in [0.15, 0.2) is 0 Å². The van der Waals surface area contributed by atoms with Gasteiger partial charge in [-0.3, -0.25) is 9.48 Å². The molecule has 1 aliphatic heterocycles. The number of H-pyrrole nitrogens is 1. The Labute approximate surface area is 131 Å². The molecule has 1 amide bonds. The lowest BCUT2D eigenvalue weighted by atomic mass is 10.2. The van der Waals surface area contributed by atoms with Gasteiger partial charge in [0.05, 0.1) is 28.8 Å². The summed E-state index contributed by atoms with van der Waals surface area (Å²) in [5.41, 5.74) is 1.93. The van der Waals surface area contributed by atoms with Crippen LogP contribution in [-0.4, -0.2) is 37.1 Å². The Morgan fingerprint density at radius 1 is 1.43 bits per heavy atom. The molecule has 1 aromatic carbocycles. The van der Waals surface area contributed by atoms with Crippen molar-refractivity contribution >= 4 is 16.9 Å². The smallest absolute Gasteiger partial charge is 0.257 e. The van der Waals surface area contributed by atoms with E-state index < -0.39 is 0 Å². The molecule has 1 atom stereocenters. The van der Waals surface area contributed by atoms with Gasteiger partial charge in [-0.1, -0.05) is 0 Å². The number of hydrogen-bond donors (Lipinski definition) is 1. The fraction of sp³-hybridized carbons (Fsp3) is 0.312. The van der Waals surface area contributed by atoms with Gasteiger partial charge in [0.25, 0.3) is 5.91 Å². The fourth-order valence-corrected chi connectivity index (χ4v) is 3.15. The molecular weight excluding hydrogens is 297 g/mol. The molecule has 1 N–H and O–H groups in total. The maximum absolute atomic E-state index is 13.3. The third-order valence-electron chi connectivity index (χ3n) is 4.24. The van der Waals surface area contributed by atoms with E-state index in [1.165, 1.54) is 12.1 Å². The van der Waals surface area contributed by atoms with Crippen LogP contribution in [0.2, 0.25) is 0 Å². The molecule has 3 aromatic rings. The normalized spacial score (nSPS) is 18.0. The van der Waals surface area contributed by atoms with Gasteiger partial charge in [0.1, 0.15) is 11.6 Å². The predicted octanol–water partition coefficient (Wildman–Crippen LogP) is 2.41. The van der Waals surface area contributed by atoms with Crippen molar-refractivity contribution in [3.63, 3.8) is 0 Å². The van der Waals surface area contributed by atoms with Gasteiger partial charge in [-0.25, -0.2) is 9.37 Å². The number of halogens is 1. The van der Waals surface area contributed by atoms with Gasteiger partial charge in [-0.15, -0.1) is 0 Å². The predicted molar refractivity (Wildman–Crippen MR) is 82.3 cm³/mol. The number of aryl methyl sites for hydroxylation is 1. The monoisotopic (exact) mass is 313 g/mol. The number of aromatic amines is 1. The summed E-state index contributed by atoms with van der Waals surface area (Å²) in [6, 6.07) is 4.35. The van der Waals surface area contributed by atoms with E-state index in [9.17, 15) is 9.18 Å². The zero-order valence-corrected chi connectivity index (χ0v) is 12.7. The minimum absolute atomic E-state index is 0.0489. The second-order valence-electron chi connectivity index (χ2n) is 5.84. The van der Waals surface area contributed by atoms with Gasteiger partial charge in [-0.05, 0) is 31.0 Å². The quantitative estimate of drug-likeness (QED) is 0.790. The number of amides is 1. The molecule has 3 heterocycles. The molecular formula is C16H16FN5O. The summed E-state index contributed by atoms with van der Waals surface area (Å²) in [5, 5.41) is 4.06. The van der Waals surface area contributed by atoms with Crippen molar-refractivity contribution in [1.82, 2.24) is 24.6 Å². The van der Waals surface area contributed by atoms with Crippen molar-refractivity contribution in [3.8, 4) is 0 Å². The van der Waals surface area contributed by atoms with E-state index in [2.05, 4.69) is 15.1 Å². The van der Waals surface area contributed by atoms with E-state index in [1.807, 2.05) is 4.90 Å². The summed E-state index contributed by atoms with van der Waals surface area (Å²) < 4.78 is 14.9. The minimum atomic E-state index is -0.303. The van der Waals surface area contributed by atoms with Gasteiger partial charge >= 0.3 is 0 Å².